The Labute approximate surface area is 129 Å². The van der Waals surface area contributed by atoms with Gasteiger partial charge in [-0.3, -0.25) is 0 Å². The minimum Gasteiger partial charge on any atom is -0.543 e. The number of quaternary nitrogens is 2. The van der Waals surface area contributed by atoms with E-state index < -0.39 is 11.9 Å². The van der Waals surface area contributed by atoms with Crippen LogP contribution in [0.2, 0.25) is 0 Å². The van der Waals surface area contributed by atoms with Crippen molar-refractivity contribution < 1.29 is 39.9 Å². The van der Waals surface area contributed by atoms with Gasteiger partial charge in [-0.1, -0.05) is 0 Å². The first kappa shape index (κ1) is 17.1. The Balaban J connectivity index is 0.000000123. The summed E-state index contributed by atoms with van der Waals surface area (Å²) >= 11 is 0. The van der Waals surface area contributed by atoms with E-state index in [1.54, 1.807) is 0 Å². The fraction of sp³-hybridized carbons (Fsp3) is 0.857. The van der Waals surface area contributed by atoms with Crippen molar-refractivity contribution in [3.63, 3.8) is 0 Å². The minimum absolute atomic E-state index is 0.931. The van der Waals surface area contributed by atoms with E-state index in [4.69, 9.17) is 29.3 Å². The van der Waals surface area contributed by atoms with Crippen LogP contribution in [-0.4, -0.2) is 64.5 Å². The van der Waals surface area contributed by atoms with Gasteiger partial charge in [0.2, 0.25) is 0 Å². The third-order valence-corrected chi connectivity index (χ3v) is 4.71. The van der Waals surface area contributed by atoms with Gasteiger partial charge < -0.3 is 39.9 Å². The zero-order valence-electron chi connectivity index (χ0n) is 12.6. The molecule has 0 aromatic carbocycles. The zero-order valence-corrected chi connectivity index (χ0v) is 12.6. The highest BCUT2D eigenvalue weighted by Crippen LogP contribution is 2.20. The van der Waals surface area contributed by atoms with Crippen LogP contribution in [0.4, 0.5) is 0 Å². The van der Waals surface area contributed by atoms with Gasteiger partial charge in [0.1, 0.15) is 0 Å². The Bertz CT molecular complexity index is 316. The van der Waals surface area contributed by atoms with Crippen LogP contribution >= 0.6 is 0 Å². The van der Waals surface area contributed by atoms with Crippen LogP contribution < -0.4 is 20.8 Å². The summed E-state index contributed by atoms with van der Waals surface area (Å²) in [7, 11) is 0. The molecule has 4 aliphatic rings. The number of nitrogens with two attached hydrogens (primary N) is 2. The van der Waals surface area contributed by atoms with Crippen LogP contribution in [-0.2, 0) is 19.1 Å². The van der Waals surface area contributed by atoms with Gasteiger partial charge in [0, 0.05) is 11.8 Å². The van der Waals surface area contributed by atoms with E-state index in [1.165, 1.54) is 26.2 Å². The molecule has 22 heavy (non-hydrogen) atoms. The molecule has 4 aliphatic heterocycles. The van der Waals surface area contributed by atoms with Crippen LogP contribution in [0.5, 0.6) is 0 Å². The van der Waals surface area contributed by atoms with Gasteiger partial charge in [-0.15, -0.1) is 0 Å². The summed E-state index contributed by atoms with van der Waals surface area (Å²) in [5, 5.41) is 22.6. The number of ether oxygens (including phenoxy) is 2. The quantitative estimate of drug-likeness (QED) is 0.488. The van der Waals surface area contributed by atoms with Crippen molar-refractivity contribution in [3.05, 3.63) is 0 Å². The number of rotatable bonds is 2. The van der Waals surface area contributed by atoms with Crippen molar-refractivity contribution in [3.8, 4) is 0 Å². The second-order valence-corrected chi connectivity index (χ2v) is 6.21. The summed E-state index contributed by atoms with van der Waals surface area (Å²) in [6, 6.07) is 0. The lowest BCUT2D eigenvalue weighted by Gasteiger charge is -2.36. The first-order valence-electron chi connectivity index (χ1n) is 7.79. The monoisotopic (exact) mass is 316 g/mol. The molecule has 0 aromatic heterocycles. The SMILES string of the molecule is C1[NH2+]CC1C1COC1.C1[NH2+]CC1C1COC1.O=C([O-])C(=O)[O-]. The molecule has 4 N–H and O–H groups in total. The molecule has 0 atom stereocenters. The number of aliphatic carboxylic acids is 2. The average molecular weight is 316 g/mol. The summed E-state index contributed by atoms with van der Waals surface area (Å²) in [5.41, 5.74) is 0. The lowest BCUT2D eigenvalue weighted by molar-refractivity contribution is -0.727. The van der Waals surface area contributed by atoms with Crippen LogP contribution in [0.1, 0.15) is 0 Å². The summed E-state index contributed by atoms with van der Waals surface area (Å²) in [4.78, 5) is 17.9. The molecule has 4 rings (SSSR count). The van der Waals surface area contributed by atoms with Crippen LogP contribution in [0.3, 0.4) is 0 Å². The summed E-state index contributed by atoms with van der Waals surface area (Å²) in [6.45, 7) is 9.58. The predicted molar refractivity (Wildman–Crippen MR) is 68.9 cm³/mol. The molecule has 0 saturated carbocycles. The third kappa shape index (κ3) is 4.91. The van der Waals surface area contributed by atoms with E-state index >= 15 is 0 Å². The number of carbonyl (C=O) groups is 2. The fourth-order valence-electron chi connectivity index (χ4n) is 2.54. The summed E-state index contributed by atoms with van der Waals surface area (Å²) in [5.74, 6) is -0.502. The highest BCUT2D eigenvalue weighted by atomic mass is 16.5. The van der Waals surface area contributed by atoms with Gasteiger partial charge >= 0.3 is 0 Å². The standard InChI is InChI=1S/2C6H11NO.C2H2O4/c2*1-5(2-7-1)6-3-8-4-6;3-1(4)2(5)6/h2*5-7H,1-4H2;(H,3,4)(H,5,6). The second-order valence-electron chi connectivity index (χ2n) is 6.21. The lowest BCUT2D eigenvalue weighted by atomic mass is 9.86. The first-order chi connectivity index (χ1) is 10.6. The zero-order chi connectivity index (χ0) is 15.9. The second kappa shape index (κ2) is 8.42. The highest BCUT2D eigenvalue weighted by molar-refractivity contribution is 6.25. The smallest absolute Gasteiger partial charge is 0.0870 e. The van der Waals surface area contributed by atoms with Gasteiger partial charge in [0.25, 0.3) is 0 Å². The van der Waals surface area contributed by atoms with Gasteiger partial charge in [-0.2, -0.15) is 0 Å². The molecule has 0 bridgehead atoms. The number of carboxylic acids is 2. The molecule has 8 nitrogen and oxygen atoms in total. The largest absolute Gasteiger partial charge is 0.543 e. The van der Waals surface area contributed by atoms with Crippen LogP contribution in [0.15, 0.2) is 0 Å². The van der Waals surface area contributed by atoms with Crippen molar-refractivity contribution >= 4 is 11.9 Å². The van der Waals surface area contributed by atoms with E-state index in [0.717, 1.165) is 50.1 Å². The Hall–Kier alpha value is -1.22. The van der Waals surface area contributed by atoms with Crippen molar-refractivity contribution in [1.29, 1.82) is 0 Å². The van der Waals surface area contributed by atoms with Gasteiger partial charge in [-0.25, -0.2) is 0 Å². The molecule has 0 aromatic rings. The predicted octanol–water partition coefficient (Wildman–Crippen LogP) is -5.86. The number of carbonyl (C=O) groups excluding carboxylic acids is 2. The van der Waals surface area contributed by atoms with E-state index in [0.29, 0.717) is 0 Å². The van der Waals surface area contributed by atoms with Crippen molar-refractivity contribution in [2.75, 3.05) is 52.6 Å². The van der Waals surface area contributed by atoms with E-state index in [1.807, 2.05) is 0 Å². The van der Waals surface area contributed by atoms with Gasteiger partial charge in [-0.05, 0) is 0 Å². The van der Waals surface area contributed by atoms with E-state index in [-0.39, 0.29) is 0 Å². The van der Waals surface area contributed by atoms with Gasteiger partial charge in [0.15, 0.2) is 0 Å². The molecule has 4 saturated heterocycles. The minimum atomic E-state index is -2.19. The maximum absolute atomic E-state index is 8.93. The molecule has 126 valence electrons. The average Bonchev–Trinajstić information content (AvgIpc) is 2.25. The molecule has 4 fully saturated rings. The Morgan fingerprint density at radius 2 is 1.00 bits per heavy atom. The lowest BCUT2D eigenvalue weighted by Crippen LogP contribution is -2.97. The third-order valence-electron chi connectivity index (χ3n) is 4.71. The molecule has 8 heteroatoms. The molecule has 0 spiro atoms. The Kier molecular flexibility index (Phi) is 6.56. The summed E-state index contributed by atoms with van der Waals surface area (Å²) in [6.07, 6.45) is 0. The molecular formula is C14H24N2O6. The molecule has 0 unspecified atom stereocenters. The maximum Gasteiger partial charge on any atom is 0.0870 e. The summed E-state index contributed by atoms with van der Waals surface area (Å²) < 4.78 is 10.2. The molecule has 0 amide bonds. The number of carboxylic acid groups (broad SMARTS) is 2. The number of hydrogen-bond donors (Lipinski definition) is 2. The van der Waals surface area contributed by atoms with Crippen molar-refractivity contribution in [2.24, 2.45) is 23.7 Å². The van der Waals surface area contributed by atoms with Crippen molar-refractivity contribution in [2.45, 2.75) is 0 Å². The molecule has 0 radical (unpaired) electrons. The van der Waals surface area contributed by atoms with E-state index in [9.17, 15) is 0 Å². The fourth-order valence-corrected chi connectivity index (χ4v) is 2.54. The van der Waals surface area contributed by atoms with Crippen molar-refractivity contribution in [1.82, 2.24) is 0 Å². The number of hydrogen-bond acceptors (Lipinski definition) is 6. The molecular weight excluding hydrogens is 292 g/mol. The normalized spacial score (nSPS) is 24.9. The Morgan fingerprint density at radius 3 is 1.05 bits per heavy atom. The van der Waals surface area contributed by atoms with Gasteiger partial charge in [0.05, 0.1) is 76.4 Å². The first-order valence-corrected chi connectivity index (χ1v) is 7.79. The Morgan fingerprint density at radius 1 is 0.682 bits per heavy atom. The van der Waals surface area contributed by atoms with Crippen LogP contribution in [0, 0.1) is 23.7 Å². The van der Waals surface area contributed by atoms with E-state index in [2.05, 4.69) is 10.6 Å². The highest BCUT2D eigenvalue weighted by Gasteiger charge is 2.36. The topological polar surface area (TPSA) is 132 Å². The molecule has 0 aliphatic carbocycles. The van der Waals surface area contributed by atoms with Crippen LogP contribution in [0.25, 0.3) is 0 Å². The molecule has 4 heterocycles. The maximum atomic E-state index is 8.93.